The van der Waals surface area contributed by atoms with Crippen molar-refractivity contribution in [2.75, 3.05) is 6.61 Å². The molecule has 74 valence electrons. The molecular weight excluding hydrogens is 164 g/mol. The minimum atomic E-state index is 0.181. The SMILES string of the molecule is CCn1cc(C(C)C)c(CCO)n1. The van der Waals surface area contributed by atoms with Crippen LogP contribution in [0.4, 0.5) is 0 Å². The zero-order chi connectivity index (χ0) is 9.84. The standard InChI is InChI=1S/C10H18N2O/c1-4-12-7-9(8(2)3)10(11-12)5-6-13/h7-8,13H,4-6H2,1-3H3. The van der Waals surface area contributed by atoms with Crippen LogP contribution in [0.2, 0.25) is 0 Å². The van der Waals surface area contributed by atoms with Gasteiger partial charge in [-0.1, -0.05) is 13.8 Å². The van der Waals surface area contributed by atoms with Crippen LogP contribution >= 0.6 is 0 Å². The van der Waals surface area contributed by atoms with Gasteiger partial charge in [0.05, 0.1) is 5.69 Å². The summed E-state index contributed by atoms with van der Waals surface area (Å²) in [6.45, 7) is 7.45. The molecular formula is C10H18N2O. The molecule has 0 amide bonds. The second-order valence-corrected chi connectivity index (χ2v) is 3.52. The molecule has 1 N–H and O–H groups in total. The molecule has 3 heteroatoms. The van der Waals surface area contributed by atoms with Crippen LogP contribution in [0.5, 0.6) is 0 Å². The van der Waals surface area contributed by atoms with Crippen molar-refractivity contribution in [3.05, 3.63) is 17.5 Å². The summed E-state index contributed by atoms with van der Waals surface area (Å²) in [6, 6.07) is 0. The summed E-state index contributed by atoms with van der Waals surface area (Å²) in [4.78, 5) is 0. The molecule has 0 radical (unpaired) electrons. The van der Waals surface area contributed by atoms with Gasteiger partial charge in [-0.2, -0.15) is 5.10 Å². The molecule has 0 saturated carbocycles. The van der Waals surface area contributed by atoms with Gasteiger partial charge in [0, 0.05) is 25.8 Å². The Labute approximate surface area is 79.4 Å². The fraction of sp³-hybridized carbons (Fsp3) is 0.700. The fourth-order valence-corrected chi connectivity index (χ4v) is 1.42. The number of aliphatic hydroxyl groups is 1. The average Bonchev–Trinajstić information content (AvgIpc) is 2.48. The van der Waals surface area contributed by atoms with Gasteiger partial charge in [0.25, 0.3) is 0 Å². The fourth-order valence-electron chi connectivity index (χ4n) is 1.42. The van der Waals surface area contributed by atoms with E-state index in [1.54, 1.807) is 0 Å². The third kappa shape index (κ3) is 2.31. The van der Waals surface area contributed by atoms with Crippen molar-refractivity contribution in [2.45, 2.75) is 39.7 Å². The van der Waals surface area contributed by atoms with Crippen LogP contribution < -0.4 is 0 Å². The summed E-state index contributed by atoms with van der Waals surface area (Å²) in [5, 5.41) is 13.3. The van der Waals surface area contributed by atoms with Gasteiger partial charge in [0.15, 0.2) is 0 Å². The lowest BCUT2D eigenvalue weighted by atomic mass is 10.0. The molecule has 0 aliphatic heterocycles. The maximum Gasteiger partial charge on any atom is 0.0681 e. The van der Waals surface area contributed by atoms with Crippen LogP contribution in [0.1, 0.15) is 37.9 Å². The highest BCUT2D eigenvalue weighted by atomic mass is 16.3. The molecule has 3 nitrogen and oxygen atoms in total. The molecule has 0 fully saturated rings. The van der Waals surface area contributed by atoms with Crippen LogP contribution in [-0.2, 0) is 13.0 Å². The lowest BCUT2D eigenvalue weighted by Crippen LogP contribution is -1.98. The number of hydrogen-bond donors (Lipinski definition) is 1. The normalized spacial score (nSPS) is 11.2. The first-order valence-electron chi connectivity index (χ1n) is 4.86. The van der Waals surface area contributed by atoms with Crippen molar-refractivity contribution in [2.24, 2.45) is 0 Å². The summed E-state index contributed by atoms with van der Waals surface area (Å²) >= 11 is 0. The molecule has 0 aliphatic rings. The van der Waals surface area contributed by atoms with Crippen molar-refractivity contribution < 1.29 is 5.11 Å². The van der Waals surface area contributed by atoms with Crippen molar-refractivity contribution >= 4 is 0 Å². The predicted molar refractivity (Wildman–Crippen MR) is 52.8 cm³/mol. The summed E-state index contributed by atoms with van der Waals surface area (Å²) in [5.74, 6) is 0.488. The Bertz CT molecular complexity index is 266. The predicted octanol–water partition coefficient (Wildman–Crippen LogP) is 1.56. The van der Waals surface area contributed by atoms with Crippen molar-refractivity contribution in [3.63, 3.8) is 0 Å². The average molecular weight is 182 g/mol. The number of aliphatic hydroxyl groups excluding tert-OH is 1. The molecule has 0 aromatic carbocycles. The molecule has 1 aromatic rings. The molecule has 1 rings (SSSR count). The molecule has 0 atom stereocenters. The Balaban J connectivity index is 2.93. The van der Waals surface area contributed by atoms with Gasteiger partial charge in [-0.3, -0.25) is 4.68 Å². The minimum absolute atomic E-state index is 0.181. The molecule has 0 bridgehead atoms. The monoisotopic (exact) mass is 182 g/mol. The topological polar surface area (TPSA) is 38.0 Å². The highest BCUT2D eigenvalue weighted by Gasteiger charge is 2.10. The van der Waals surface area contributed by atoms with Crippen LogP contribution in [-0.4, -0.2) is 21.5 Å². The molecule has 0 unspecified atom stereocenters. The van der Waals surface area contributed by atoms with E-state index in [4.69, 9.17) is 5.11 Å². The van der Waals surface area contributed by atoms with E-state index >= 15 is 0 Å². The van der Waals surface area contributed by atoms with E-state index < -0.39 is 0 Å². The van der Waals surface area contributed by atoms with Crippen LogP contribution in [0.25, 0.3) is 0 Å². The number of aryl methyl sites for hydroxylation is 1. The Morgan fingerprint density at radius 1 is 1.54 bits per heavy atom. The van der Waals surface area contributed by atoms with E-state index in [1.807, 2.05) is 4.68 Å². The second kappa shape index (κ2) is 4.42. The first kappa shape index (κ1) is 10.3. The number of nitrogens with zero attached hydrogens (tertiary/aromatic N) is 2. The highest BCUT2D eigenvalue weighted by Crippen LogP contribution is 2.18. The summed E-state index contributed by atoms with van der Waals surface area (Å²) in [6.07, 6.45) is 2.75. The maximum atomic E-state index is 8.86. The number of hydrogen-bond acceptors (Lipinski definition) is 2. The molecule has 13 heavy (non-hydrogen) atoms. The zero-order valence-electron chi connectivity index (χ0n) is 8.62. The second-order valence-electron chi connectivity index (χ2n) is 3.52. The largest absolute Gasteiger partial charge is 0.396 e. The van der Waals surface area contributed by atoms with Crippen molar-refractivity contribution in [1.82, 2.24) is 9.78 Å². The van der Waals surface area contributed by atoms with Crippen molar-refractivity contribution in [3.8, 4) is 0 Å². The Morgan fingerprint density at radius 2 is 2.23 bits per heavy atom. The van der Waals surface area contributed by atoms with E-state index in [0.717, 1.165) is 12.2 Å². The molecule has 0 spiro atoms. The third-order valence-electron chi connectivity index (χ3n) is 2.17. The summed E-state index contributed by atoms with van der Waals surface area (Å²) in [7, 11) is 0. The van der Waals surface area contributed by atoms with E-state index in [0.29, 0.717) is 12.3 Å². The Kier molecular flexibility index (Phi) is 3.48. The van der Waals surface area contributed by atoms with Gasteiger partial charge in [0.1, 0.15) is 0 Å². The molecule has 0 aliphatic carbocycles. The molecule has 0 saturated heterocycles. The molecule has 1 aromatic heterocycles. The van der Waals surface area contributed by atoms with Crippen LogP contribution in [0.3, 0.4) is 0 Å². The lowest BCUT2D eigenvalue weighted by molar-refractivity contribution is 0.297. The summed E-state index contributed by atoms with van der Waals surface area (Å²) < 4.78 is 1.93. The van der Waals surface area contributed by atoms with Gasteiger partial charge in [-0.25, -0.2) is 0 Å². The van der Waals surface area contributed by atoms with E-state index in [-0.39, 0.29) is 6.61 Å². The van der Waals surface area contributed by atoms with Gasteiger partial charge >= 0.3 is 0 Å². The van der Waals surface area contributed by atoms with Gasteiger partial charge in [-0.15, -0.1) is 0 Å². The third-order valence-corrected chi connectivity index (χ3v) is 2.17. The first-order chi connectivity index (χ1) is 6.19. The van der Waals surface area contributed by atoms with Gasteiger partial charge < -0.3 is 5.11 Å². The van der Waals surface area contributed by atoms with E-state index in [2.05, 4.69) is 32.1 Å². The van der Waals surface area contributed by atoms with Crippen molar-refractivity contribution in [1.29, 1.82) is 0 Å². The quantitative estimate of drug-likeness (QED) is 0.767. The zero-order valence-corrected chi connectivity index (χ0v) is 8.62. The maximum absolute atomic E-state index is 8.86. The van der Waals surface area contributed by atoms with Gasteiger partial charge in [-0.05, 0) is 18.4 Å². The van der Waals surface area contributed by atoms with E-state index in [1.165, 1.54) is 5.56 Å². The molecule has 1 heterocycles. The smallest absolute Gasteiger partial charge is 0.0681 e. The van der Waals surface area contributed by atoms with Crippen LogP contribution in [0, 0.1) is 0 Å². The Hall–Kier alpha value is -0.830. The van der Waals surface area contributed by atoms with Gasteiger partial charge in [0.2, 0.25) is 0 Å². The van der Waals surface area contributed by atoms with Crippen LogP contribution in [0.15, 0.2) is 6.20 Å². The number of aromatic nitrogens is 2. The summed E-state index contributed by atoms with van der Waals surface area (Å²) in [5.41, 5.74) is 2.30. The first-order valence-corrected chi connectivity index (χ1v) is 4.86. The number of rotatable bonds is 4. The lowest BCUT2D eigenvalue weighted by Gasteiger charge is -2.02. The van der Waals surface area contributed by atoms with E-state index in [9.17, 15) is 0 Å². The Morgan fingerprint density at radius 3 is 2.69 bits per heavy atom. The minimum Gasteiger partial charge on any atom is -0.396 e. The highest BCUT2D eigenvalue weighted by molar-refractivity contribution is 5.20.